The molecule has 0 amide bonds. The van der Waals surface area contributed by atoms with E-state index in [-0.39, 0.29) is 30.7 Å². The third-order valence-corrected chi connectivity index (χ3v) is 4.56. The molecule has 106 valence electrons. The molecule has 0 aliphatic carbocycles. The quantitative estimate of drug-likeness (QED) is 0.755. The third kappa shape index (κ3) is 4.91. The van der Waals surface area contributed by atoms with Gasteiger partial charge in [0.1, 0.15) is 0 Å². The van der Waals surface area contributed by atoms with Gasteiger partial charge in [0, 0.05) is 18.5 Å². The van der Waals surface area contributed by atoms with Crippen LogP contribution in [-0.4, -0.2) is 42.3 Å². The van der Waals surface area contributed by atoms with E-state index in [0.29, 0.717) is 0 Å². The van der Waals surface area contributed by atoms with Gasteiger partial charge in [-0.25, -0.2) is 13.4 Å². The highest BCUT2D eigenvalue weighted by atomic mass is 32.2. The molecule has 2 atom stereocenters. The van der Waals surface area contributed by atoms with E-state index in [1.807, 2.05) is 13.8 Å². The van der Waals surface area contributed by atoms with Crippen molar-refractivity contribution in [1.29, 1.82) is 0 Å². The van der Waals surface area contributed by atoms with Gasteiger partial charge in [-0.2, -0.15) is 0 Å². The molecule has 6 nitrogen and oxygen atoms in total. The van der Waals surface area contributed by atoms with E-state index in [1.165, 1.54) is 0 Å². The van der Waals surface area contributed by atoms with Gasteiger partial charge in [-0.3, -0.25) is 4.79 Å². The molecular formula is C11H22N2O4S. The number of aliphatic carboxylic acids is 1. The van der Waals surface area contributed by atoms with Gasteiger partial charge in [0.15, 0.2) is 0 Å². The first-order chi connectivity index (χ1) is 8.32. The van der Waals surface area contributed by atoms with Crippen LogP contribution in [0.5, 0.6) is 0 Å². The Morgan fingerprint density at radius 3 is 2.39 bits per heavy atom. The lowest BCUT2D eigenvalue weighted by molar-refractivity contribution is -0.137. The van der Waals surface area contributed by atoms with Crippen LogP contribution in [0, 0.1) is 0 Å². The van der Waals surface area contributed by atoms with Crippen LogP contribution >= 0.6 is 0 Å². The first kappa shape index (κ1) is 15.4. The maximum absolute atomic E-state index is 11.8. The second-order valence-corrected chi connectivity index (χ2v) is 6.76. The molecule has 1 heterocycles. The predicted octanol–water partition coefficient (Wildman–Crippen LogP) is 0.948. The van der Waals surface area contributed by atoms with Crippen molar-refractivity contribution in [2.24, 2.45) is 0 Å². The Morgan fingerprint density at radius 2 is 1.89 bits per heavy atom. The molecule has 0 radical (unpaired) electrons. The van der Waals surface area contributed by atoms with Gasteiger partial charge >= 0.3 is 5.97 Å². The maximum Gasteiger partial charge on any atom is 0.303 e. The molecule has 2 unspecified atom stereocenters. The normalized spacial score (nSPS) is 26.1. The van der Waals surface area contributed by atoms with Crippen LogP contribution in [0.25, 0.3) is 0 Å². The van der Waals surface area contributed by atoms with Gasteiger partial charge in [0.25, 0.3) is 0 Å². The SMILES string of the molecule is CC1CCCC(C)N1NS(=O)(=O)CCCC(=O)O. The van der Waals surface area contributed by atoms with Crippen molar-refractivity contribution in [1.82, 2.24) is 9.84 Å². The molecule has 1 saturated heterocycles. The van der Waals surface area contributed by atoms with E-state index < -0.39 is 16.0 Å². The fourth-order valence-electron chi connectivity index (χ4n) is 2.22. The lowest BCUT2D eigenvalue weighted by Crippen LogP contribution is -2.54. The number of hydrogen-bond donors (Lipinski definition) is 2. The van der Waals surface area contributed by atoms with Crippen LogP contribution in [-0.2, 0) is 14.8 Å². The summed E-state index contributed by atoms with van der Waals surface area (Å²) >= 11 is 0. The van der Waals surface area contributed by atoms with Gasteiger partial charge < -0.3 is 5.11 Å². The number of hydrazine groups is 1. The fourth-order valence-corrected chi connectivity index (χ4v) is 3.52. The second kappa shape index (κ2) is 6.49. The van der Waals surface area contributed by atoms with Gasteiger partial charge in [-0.15, -0.1) is 4.83 Å². The summed E-state index contributed by atoms with van der Waals surface area (Å²) in [4.78, 5) is 12.9. The predicted molar refractivity (Wildman–Crippen MR) is 68.4 cm³/mol. The molecule has 2 N–H and O–H groups in total. The molecule has 18 heavy (non-hydrogen) atoms. The summed E-state index contributed by atoms with van der Waals surface area (Å²) in [6, 6.07) is 0.367. The third-order valence-electron chi connectivity index (χ3n) is 3.24. The number of carbonyl (C=O) groups is 1. The molecule has 0 aromatic heterocycles. The summed E-state index contributed by atoms with van der Waals surface area (Å²) in [7, 11) is -3.43. The molecule has 1 aliphatic rings. The summed E-state index contributed by atoms with van der Waals surface area (Å²) < 4.78 is 23.7. The summed E-state index contributed by atoms with van der Waals surface area (Å²) in [5.41, 5.74) is 0. The van der Waals surface area contributed by atoms with E-state index in [0.717, 1.165) is 19.3 Å². The van der Waals surface area contributed by atoms with Crippen molar-refractivity contribution in [2.45, 2.75) is 58.0 Å². The van der Waals surface area contributed by atoms with Crippen LogP contribution in [0.2, 0.25) is 0 Å². The van der Waals surface area contributed by atoms with Crippen molar-refractivity contribution in [3.8, 4) is 0 Å². The van der Waals surface area contributed by atoms with E-state index in [2.05, 4.69) is 4.83 Å². The largest absolute Gasteiger partial charge is 0.481 e. The van der Waals surface area contributed by atoms with Gasteiger partial charge in [0.05, 0.1) is 5.75 Å². The summed E-state index contributed by atoms with van der Waals surface area (Å²) in [5, 5.41) is 10.3. The Balaban J connectivity index is 2.50. The van der Waals surface area contributed by atoms with Crippen molar-refractivity contribution in [2.75, 3.05) is 5.75 Å². The average molecular weight is 278 g/mol. The molecule has 0 bridgehead atoms. The Bertz CT molecular complexity index is 373. The highest BCUT2D eigenvalue weighted by molar-refractivity contribution is 7.89. The molecular weight excluding hydrogens is 256 g/mol. The Labute approximate surface area is 108 Å². The van der Waals surface area contributed by atoms with Gasteiger partial charge in [-0.05, 0) is 33.1 Å². The van der Waals surface area contributed by atoms with Crippen LogP contribution in [0.1, 0.15) is 46.0 Å². The number of rotatable bonds is 6. The minimum atomic E-state index is -3.43. The van der Waals surface area contributed by atoms with Crippen molar-refractivity contribution < 1.29 is 18.3 Å². The molecule has 1 rings (SSSR count). The minimum absolute atomic E-state index is 0.119. The monoisotopic (exact) mass is 278 g/mol. The second-order valence-electron chi connectivity index (χ2n) is 4.94. The summed E-state index contributed by atoms with van der Waals surface area (Å²) in [6.45, 7) is 3.99. The molecule has 7 heteroatoms. The minimum Gasteiger partial charge on any atom is -0.481 e. The van der Waals surface area contributed by atoms with Crippen molar-refractivity contribution in [3.05, 3.63) is 0 Å². The van der Waals surface area contributed by atoms with Gasteiger partial charge in [-0.1, -0.05) is 6.42 Å². The van der Waals surface area contributed by atoms with Gasteiger partial charge in [0.2, 0.25) is 10.0 Å². The molecule has 0 spiro atoms. The van der Waals surface area contributed by atoms with E-state index in [4.69, 9.17) is 5.11 Å². The Hall–Kier alpha value is -0.660. The molecule has 1 aliphatic heterocycles. The highest BCUT2D eigenvalue weighted by Crippen LogP contribution is 2.20. The van der Waals surface area contributed by atoms with Crippen LogP contribution in [0.15, 0.2) is 0 Å². The standard InChI is InChI=1S/C11H22N2O4S/c1-9-5-3-6-10(2)13(9)12-18(16,17)8-4-7-11(14)15/h9-10,12H,3-8H2,1-2H3,(H,14,15). The van der Waals surface area contributed by atoms with E-state index >= 15 is 0 Å². The molecule has 1 fully saturated rings. The first-order valence-electron chi connectivity index (χ1n) is 6.32. The van der Waals surface area contributed by atoms with Crippen molar-refractivity contribution in [3.63, 3.8) is 0 Å². The topological polar surface area (TPSA) is 86.7 Å². The highest BCUT2D eigenvalue weighted by Gasteiger charge is 2.28. The smallest absolute Gasteiger partial charge is 0.303 e. The van der Waals surface area contributed by atoms with E-state index in [1.54, 1.807) is 5.01 Å². The summed E-state index contributed by atoms with van der Waals surface area (Å²) in [5.74, 6) is -1.11. The number of piperidine rings is 1. The molecule has 0 saturated carbocycles. The van der Waals surface area contributed by atoms with Crippen LogP contribution in [0.4, 0.5) is 0 Å². The number of carboxylic acid groups (broad SMARTS) is 1. The Kier molecular flexibility index (Phi) is 5.55. The van der Waals surface area contributed by atoms with Crippen LogP contribution < -0.4 is 4.83 Å². The average Bonchev–Trinajstić information content (AvgIpc) is 2.23. The molecule has 0 aromatic rings. The van der Waals surface area contributed by atoms with Crippen molar-refractivity contribution >= 4 is 16.0 Å². The zero-order valence-corrected chi connectivity index (χ0v) is 11.7. The zero-order valence-electron chi connectivity index (χ0n) is 10.9. The maximum atomic E-state index is 11.8. The number of carboxylic acids is 1. The van der Waals surface area contributed by atoms with E-state index in [9.17, 15) is 13.2 Å². The number of hydrogen-bond acceptors (Lipinski definition) is 4. The zero-order chi connectivity index (χ0) is 13.8. The lowest BCUT2D eigenvalue weighted by atomic mass is 10.0. The fraction of sp³-hybridized carbons (Fsp3) is 0.909. The number of sulfonamides is 1. The first-order valence-corrected chi connectivity index (χ1v) is 7.97. The molecule has 0 aromatic carbocycles. The number of nitrogens with zero attached hydrogens (tertiary/aromatic N) is 1. The summed E-state index contributed by atoms with van der Waals surface area (Å²) in [6.07, 6.45) is 3.08. The lowest BCUT2D eigenvalue weighted by Gasteiger charge is -2.38. The Morgan fingerprint density at radius 1 is 1.33 bits per heavy atom. The number of nitrogens with one attached hydrogen (secondary N) is 1. The van der Waals surface area contributed by atoms with Crippen LogP contribution in [0.3, 0.4) is 0 Å².